The van der Waals surface area contributed by atoms with Crippen LogP contribution < -0.4 is 10.1 Å². The van der Waals surface area contributed by atoms with Gasteiger partial charge in [0, 0.05) is 6.54 Å². The molecule has 0 aromatic heterocycles. The highest BCUT2D eigenvalue weighted by molar-refractivity contribution is 5.79. The molecule has 1 N–H and O–H groups in total. The Labute approximate surface area is 101 Å². The van der Waals surface area contributed by atoms with E-state index in [0.29, 0.717) is 12.0 Å². The van der Waals surface area contributed by atoms with Gasteiger partial charge in [-0.2, -0.15) is 17.6 Å². The average molecular weight is 265 g/mol. The molecule has 1 aromatic carbocycles. The van der Waals surface area contributed by atoms with Crippen molar-refractivity contribution in [2.45, 2.75) is 19.5 Å². The van der Waals surface area contributed by atoms with Crippen molar-refractivity contribution in [2.24, 2.45) is 0 Å². The van der Waals surface area contributed by atoms with Crippen molar-refractivity contribution in [2.75, 3.05) is 6.54 Å². The lowest BCUT2D eigenvalue weighted by atomic mass is 10.1. The van der Waals surface area contributed by atoms with Crippen molar-refractivity contribution in [1.29, 1.82) is 0 Å². The quantitative estimate of drug-likeness (QED) is 0.801. The molecule has 0 saturated carbocycles. The normalized spacial score (nSPS) is 10.8. The van der Waals surface area contributed by atoms with E-state index in [1.165, 1.54) is 24.3 Å². The zero-order chi connectivity index (χ0) is 13.5. The third kappa shape index (κ3) is 5.03. The maximum atomic E-state index is 11.8. The lowest BCUT2D eigenvalue weighted by Crippen LogP contribution is -2.31. The van der Waals surface area contributed by atoms with Crippen molar-refractivity contribution in [1.82, 2.24) is 5.32 Å². The molecule has 7 heteroatoms. The molecule has 0 aliphatic carbocycles. The fourth-order valence-corrected chi connectivity index (χ4v) is 1.24. The van der Waals surface area contributed by atoms with Crippen LogP contribution in [0.4, 0.5) is 17.6 Å². The van der Waals surface area contributed by atoms with Gasteiger partial charge in [0.15, 0.2) is 0 Å². The van der Waals surface area contributed by atoms with E-state index < -0.39 is 18.9 Å². The Hall–Kier alpha value is -1.79. The van der Waals surface area contributed by atoms with E-state index >= 15 is 0 Å². The van der Waals surface area contributed by atoms with Crippen LogP contribution in [0.15, 0.2) is 24.3 Å². The Balaban J connectivity index is 2.37. The molecule has 0 bridgehead atoms. The summed E-state index contributed by atoms with van der Waals surface area (Å²) in [5, 5.41) is 2.04. The summed E-state index contributed by atoms with van der Waals surface area (Å²) < 4.78 is 51.5. The Morgan fingerprint density at radius 1 is 1.17 bits per heavy atom. The molecular formula is C11H11F4NO2. The predicted molar refractivity (Wildman–Crippen MR) is 55.8 cm³/mol. The highest BCUT2D eigenvalue weighted by Crippen LogP contribution is 2.14. The van der Waals surface area contributed by atoms with Crippen LogP contribution in [0.3, 0.4) is 0 Å². The predicted octanol–water partition coefficient (Wildman–Crippen LogP) is 2.21. The highest BCUT2D eigenvalue weighted by atomic mass is 19.3. The van der Waals surface area contributed by atoms with Crippen molar-refractivity contribution < 1.29 is 27.1 Å². The van der Waals surface area contributed by atoms with Gasteiger partial charge in [0.05, 0.1) is 0 Å². The first-order valence-corrected chi connectivity index (χ1v) is 5.08. The fourth-order valence-electron chi connectivity index (χ4n) is 1.24. The SMILES string of the molecule is O=C(NCCc1ccc(OC(F)F)cc1)C(F)F. The molecule has 0 aliphatic heterocycles. The number of carbonyl (C=O) groups is 1. The second-order valence-electron chi connectivity index (χ2n) is 3.36. The van der Waals surface area contributed by atoms with Crippen molar-refractivity contribution in [3.63, 3.8) is 0 Å². The molecule has 18 heavy (non-hydrogen) atoms. The highest BCUT2D eigenvalue weighted by Gasteiger charge is 2.13. The molecule has 3 nitrogen and oxygen atoms in total. The molecule has 1 aromatic rings. The smallest absolute Gasteiger partial charge is 0.387 e. The first-order chi connectivity index (χ1) is 8.49. The van der Waals surface area contributed by atoms with Crippen LogP contribution >= 0.6 is 0 Å². The molecule has 0 radical (unpaired) electrons. The molecule has 0 heterocycles. The summed E-state index contributed by atoms with van der Waals surface area (Å²) in [6.07, 6.45) is -2.71. The molecule has 1 amide bonds. The Morgan fingerprint density at radius 2 is 1.78 bits per heavy atom. The maximum absolute atomic E-state index is 11.8. The first-order valence-electron chi connectivity index (χ1n) is 5.08. The van der Waals surface area contributed by atoms with Gasteiger partial charge in [0.25, 0.3) is 5.91 Å². The van der Waals surface area contributed by atoms with Crippen molar-refractivity contribution >= 4 is 5.91 Å². The molecule has 0 spiro atoms. The summed E-state index contributed by atoms with van der Waals surface area (Å²) in [5.41, 5.74) is 0.714. The van der Waals surface area contributed by atoms with E-state index in [1.54, 1.807) is 0 Å². The number of hydrogen-bond acceptors (Lipinski definition) is 2. The summed E-state index contributed by atoms with van der Waals surface area (Å²) >= 11 is 0. The number of amides is 1. The van der Waals surface area contributed by atoms with E-state index in [2.05, 4.69) is 4.74 Å². The minimum Gasteiger partial charge on any atom is -0.435 e. The Morgan fingerprint density at radius 3 is 2.28 bits per heavy atom. The zero-order valence-corrected chi connectivity index (χ0v) is 9.21. The monoisotopic (exact) mass is 265 g/mol. The van der Waals surface area contributed by atoms with Crippen LogP contribution in [0.2, 0.25) is 0 Å². The molecular weight excluding hydrogens is 254 g/mol. The van der Waals surface area contributed by atoms with Gasteiger partial charge in [-0.1, -0.05) is 12.1 Å². The van der Waals surface area contributed by atoms with Crippen LogP contribution in [0.25, 0.3) is 0 Å². The topological polar surface area (TPSA) is 38.3 Å². The molecule has 0 aliphatic rings. The number of nitrogens with one attached hydrogen (secondary N) is 1. The zero-order valence-electron chi connectivity index (χ0n) is 9.21. The van der Waals surface area contributed by atoms with Gasteiger partial charge >= 0.3 is 13.0 Å². The average Bonchev–Trinajstić information content (AvgIpc) is 2.30. The van der Waals surface area contributed by atoms with E-state index in [4.69, 9.17) is 0 Å². The number of benzene rings is 1. The van der Waals surface area contributed by atoms with Gasteiger partial charge in [0.1, 0.15) is 5.75 Å². The van der Waals surface area contributed by atoms with E-state index in [-0.39, 0.29) is 12.3 Å². The first kappa shape index (κ1) is 14.3. The van der Waals surface area contributed by atoms with Crippen LogP contribution in [-0.4, -0.2) is 25.5 Å². The lowest BCUT2D eigenvalue weighted by Gasteiger charge is -2.06. The lowest BCUT2D eigenvalue weighted by molar-refractivity contribution is -0.131. The third-order valence-electron chi connectivity index (χ3n) is 2.06. The Bertz CT molecular complexity index is 381. The van der Waals surface area contributed by atoms with Gasteiger partial charge in [-0.25, -0.2) is 0 Å². The van der Waals surface area contributed by atoms with E-state index in [0.717, 1.165) is 0 Å². The molecule has 0 fully saturated rings. The van der Waals surface area contributed by atoms with Gasteiger partial charge < -0.3 is 10.1 Å². The molecule has 1 rings (SSSR count). The summed E-state index contributed by atoms with van der Waals surface area (Å²) in [7, 11) is 0. The van der Waals surface area contributed by atoms with E-state index in [9.17, 15) is 22.4 Å². The Kier molecular flexibility index (Phi) is 5.41. The maximum Gasteiger partial charge on any atom is 0.387 e. The summed E-state index contributed by atoms with van der Waals surface area (Å²) in [4.78, 5) is 10.5. The van der Waals surface area contributed by atoms with Gasteiger partial charge in [0.2, 0.25) is 0 Å². The van der Waals surface area contributed by atoms with Gasteiger partial charge in [-0.05, 0) is 24.1 Å². The molecule has 100 valence electrons. The number of hydrogen-bond donors (Lipinski definition) is 1. The van der Waals surface area contributed by atoms with Crippen LogP contribution in [0, 0.1) is 0 Å². The molecule has 0 unspecified atom stereocenters. The number of rotatable bonds is 6. The summed E-state index contributed by atoms with van der Waals surface area (Å²) in [5.74, 6) is -1.31. The van der Waals surface area contributed by atoms with Crippen LogP contribution in [0.5, 0.6) is 5.75 Å². The van der Waals surface area contributed by atoms with E-state index in [1.807, 2.05) is 5.32 Å². The van der Waals surface area contributed by atoms with Gasteiger partial charge in [-0.3, -0.25) is 4.79 Å². The number of carbonyl (C=O) groups excluding carboxylic acids is 1. The standard InChI is InChI=1S/C11H11F4NO2/c12-9(13)10(17)16-6-5-7-1-3-8(4-2-7)18-11(14)15/h1-4,9,11H,5-6H2,(H,16,17). The second-order valence-corrected chi connectivity index (χ2v) is 3.36. The largest absolute Gasteiger partial charge is 0.435 e. The number of alkyl halides is 4. The van der Waals surface area contributed by atoms with Gasteiger partial charge in [-0.15, -0.1) is 0 Å². The number of halogens is 4. The van der Waals surface area contributed by atoms with Crippen molar-refractivity contribution in [3.05, 3.63) is 29.8 Å². The summed E-state index contributed by atoms with van der Waals surface area (Å²) in [6, 6.07) is 5.73. The molecule has 0 atom stereocenters. The third-order valence-corrected chi connectivity index (χ3v) is 2.06. The minimum atomic E-state index is -3.04. The minimum absolute atomic E-state index is 0.0189. The van der Waals surface area contributed by atoms with Crippen LogP contribution in [-0.2, 0) is 11.2 Å². The fraction of sp³-hybridized carbons (Fsp3) is 0.364. The molecule has 0 saturated heterocycles. The second kappa shape index (κ2) is 6.83. The van der Waals surface area contributed by atoms with Crippen LogP contribution in [0.1, 0.15) is 5.56 Å². The summed E-state index contributed by atoms with van der Waals surface area (Å²) in [6.45, 7) is -2.83. The van der Waals surface area contributed by atoms with Crippen molar-refractivity contribution in [3.8, 4) is 5.75 Å². The number of ether oxygens (including phenoxy) is 1.